The molecule has 2 aromatic rings. The van der Waals surface area contributed by atoms with E-state index in [2.05, 4.69) is 6.92 Å². The number of hydrogen-bond donors (Lipinski definition) is 1. The Morgan fingerprint density at radius 1 is 1.15 bits per heavy atom. The summed E-state index contributed by atoms with van der Waals surface area (Å²) in [6.45, 7) is 2.82. The Morgan fingerprint density at radius 3 is 2.70 bits per heavy atom. The molecular weight excluding hydrogens is 258 g/mol. The first kappa shape index (κ1) is 12.9. The van der Waals surface area contributed by atoms with Crippen LogP contribution >= 0.6 is 0 Å². The molecule has 0 fully saturated rings. The number of fused-ring (bicyclic) bond motifs is 1. The van der Waals surface area contributed by atoms with Gasteiger partial charge in [-0.1, -0.05) is 25.1 Å². The molecule has 1 aliphatic heterocycles. The number of rotatable bonds is 1. The van der Waals surface area contributed by atoms with Crippen molar-refractivity contribution in [2.24, 2.45) is 5.92 Å². The Labute approximate surface area is 116 Å². The lowest BCUT2D eigenvalue weighted by Crippen LogP contribution is -2.31. The first-order chi connectivity index (χ1) is 9.56. The maximum Gasteiger partial charge on any atom is 0.151 e. The number of anilines is 3. The number of para-hydroxylation sites is 1. The molecule has 104 valence electrons. The van der Waals surface area contributed by atoms with Gasteiger partial charge in [-0.3, -0.25) is 0 Å². The molecule has 0 saturated heterocycles. The average Bonchev–Trinajstić information content (AvgIpc) is 2.42. The first-order valence-electron chi connectivity index (χ1n) is 6.66. The van der Waals surface area contributed by atoms with Gasteiger partial charge < -0.3 is 10.6 Å². The van der Waals surface area contributed by atoms with Crippen LogP contribution in [0, 0.1) is 17.6 Å². The smallest absolute Gasteiger partial charge is 0.151 e. The molecule has 0 amide bonds. The molecule has 1 unspecified atom stereocenters. The highest BCUT2D eigenvalue weighted by molar-refractivity contribution is 5.77. The fraction of sp³-hybridized carbons (Fsp3) is 0.250. The minimum absolute atomic E-state index is 0.00435. The van der Waals surface area contributed by atoms with E-state index in [1.165, 1.54) is 11.6 Å². The zero-order chi connectivity index (χ0) is 14.3. The lowest BCUT2D eigenvalue weighted by molar-refractivity contribution is 0.556. The van der Waals surface area contributed by atoms with E-state index in [-0.39, 0.29) is 5.69 Å². The second kappa shape index (κ2) is 4.78. The van der Waals surface area contributed by atoms with Crippen LogP contribution in [0.2, 0.25) is 0 Å². The van der Waals surface area contributed by atoms with Crippen LogP contribution in [0.5, 0.6) is 0 Å². The minimum Gasteiger partial charge on any atom is -0.395 e. The summed E-state index contributed by atoms with van der Waals surface area (Å²) < 4.78 is 27.2. The number of hydrogen-bond acceptors (Lipinski definition) is 2. The van der Waals surface area contributed by atoms with Crippen LogP contribution in [0.4, 0.5) is 25.8 Å². The summed E-state index contributed by atoms with van der Waals surface area (Å²) in [6.07, 6.45) is 0.963. The van der Waals surface area contributed by atoms with E-state index in [0.29, 0.717) is 18.2 Å². The molecule has 2 nitrogen and oxygen atoms in total. The topological polar surface area (TPSA) is 29.3 Å². The molecule has 3 rings (SSSR count). The van der Waals surface area contributed by atoms with Crippen molar-refractivity contribution in [2.45, 2.75) is 13.3 Å². The van der Waals surface area contributed by atoms with Crippen molar-refractivity contribution in [3.05, 3.63) is 53.6 Å². The van der Waals surface area contributed by atoms with Gasteiger partial charge >= 0.3 is 0 Å². The van der Waals surface area contributed by atoms with E-state index in [0.717, 1.165) is 18.2 Å². The van der Waals surface area contributed by atoms with Crippen molar-refractivity contribution in [3.63, 3.8) is 0 Å². The summed E-state index contributed by atoms with van der Waals surface area (Å²) in [5.41, 5.74) is 8.35. The fourth-order valence-corrected chi connectivity index (χ4v) is 2.82. The van der Waals surface area contributed by atoms with Crippen molar-refractivity contribution in [1.82, 2.24) is 0 Å². The normalized spacial score (nSPS) is 17.9. The highest BCUT2D eigenvalue weighted by Crippen LogP contribution is 2.38. The lowest BCUT2D eigenvalue weighted by atomic mass is 9.93. The van der Waals surface area contributed by atoms with Gasteiger partial charge in [0.1, 0.15) is 5.82 Å². The van der Waals surface area contributed by atoms with Gasteiger partial charge in [0.25, 0.3) is 0 Å². The summed E-state index contributed by atoms with van der Waals surface area (Å²) in [5.74, 6) is -0.922. The van der Waals surface area contributed by atoms with Crippen LogP contribution in [-0.4, -0.2) is 6.54 Å². The Hall–Kier alpha value is -2.10. The van der Waals surface area contributed by atoms with Crippen LogP contribution in [0.1, 0.15) is 12.5 Å². The van der Waals surface area contributed by atoms with E-state index in [4.69, 9.17) is 5.73 Å². The number of benzene rings is 2. The molecule has 2 aromatic carbocycles. The number of nitrogen functional groups attached to an aromatic ring is 1. The van der Waals surface area contributed by atoms with E-state index < -0.39 is 11.6 Å². The summed E-state index contributed by atoms with van der Waals surface area (Å²) in [5, 5.41) is 0. The molecule has 0 bridgehead atoms. The molecule has 20 heavy (non-hydrogen) atoms. The monoisotopic (exact) mass is 274 g/mol. The number of halogens is 2. The average molecular weight is 274 g/mol. The highest BCUT2D eigenvalue weighted by Gasteiger charge is 2.25. The molecule has 4 heteroatoms. The quantitative estimate of drug-likeness (QED) is 0.800. The molecule has 0 spiro atoms. The van der Waals surface area contributed by atoms with Gasteiger partial charge in [-0.2, -0.15) is 0 Å². The van der Waals surface area contributed by atoms with Gasteiger partial charge in [0, 0.05) is 18.3 Å². The zero-order valence-corrected chi connectivity index (χ0v) is 11.2. The zero-order valence-electron chi connectivity index (χ0n) is 11.2. The molecular formula is C16H16F2N2. The molecule has 0 saturated carbocycles. The standard InChI is InChI=1S/C16H16F2N2/c1-10-6-11-4-2-3-5-14(11)20(9-10)15-8-12(17)7-13(18)16(15)19/h2-5,7-8,10H,6,9,19H2,1H3. The second-order valence-electron chi connectivity index (χ2n) is 5.37. The molecule has 0 radical (unpaired) electrons. The van der Waals surface area contributed by atoms with Crippen molar-refractivity contribution < 1.29 is 8.78 Å². The Kier molecular flexibility index (Phi) is 3.08. The third-order valence-electron chi connectivity index (χ3n) is 3.71. The van der Waals surface area contributed by atoms with Gasteiger partial charge in [-0.15, -0.1) is 0 Å². The Balaban J connectivity index is 2.16. The van der Waals surface area contributed by atoms with Gasteiger partial charge in [0.05, 0.1) is 11.4 Å². The molecule has 2 N–H and O–H groups in total. The van der Waals surface area contributed by atoms with Crippen LogP contribution in [0.3, 0.4) is 0 Å². The maximum absolute atomic E-state index is 13.7. The summed E-state index contributed by atoms with van der Waals surface area (Å²) in [7, 11) is 0. The highest BCUT2D eigenvalue weighted by atomic mass is 19.1. The predicted molar refractivity (Wildman–Crippen MR) is 77.1 cm³/mol. The molecule has 1 aliphatic rings. The second-order valence-corrected chi connectivity index (χ2v) is 5.37. The third kappa shape index (κ3) is 2.11. The van der Waals surface area contributed by atoms with Crippen LogP contribution < -0.4 is 10.6 Å². The van der Waals surface area contributed by atoms with Crippen LogP contribution in [0.15, 0.2) is 36.4 Å². The van der Waals surface area contributed by atoms with Crippen molar-refractivity contribution in [2.75, 3.05) is 17.2 Å². The van der Waals surface area contributed by atoms with E-state index >= 15 is 0 Å². The summed E-state index contributed by atoms with van der Waals surface area (Å²) in [6, 6.07) is 10.0. The van der Waals surface area contributed by atoms with Gasteiger partial charge in [0.2, 0.25) is 0 Å². The number of nitrogens with two attached hydrogens (primary N) is 1. The minimum atomic E-state index is -0.712. The van der Waals surface area contributed by atoms with Crippen LogP contribution in [-0.2, 0) is 6.42 Å². The first-order valence-corrected chi connectivity index (χ1v) is 6.66. The van der Waals surface area contributed by atoms with Gasteiger partial charge in [-0.25, -0.2) is 8.78 Å². The van der Waals surface area contributed by atoms with E-state index in [1.807, 2.05) is 29.2 Å². The van der Waals surface area contributed by atoms with Crippen molar-refractivity contribution in [1.29, 1.82) is 0 Å². The lowest BCUT2D eigenvalue weighted by Gasteiger charge is -2.35. The Bertz CT molecular complexity index is 655. The molecule has 0 aliphatic carbocycles. The predicted octanol–water partition coefficient (Wildman–Crippen LogP) is 3.88. The fourth-order valence-electron chi connectivity index (χ4n) is 2.82. The van der Waals surface area contributed by atoms with Crippen molar-refractivity contribution >= 4 is 17.1 Å². The third-order valence-corrected chi connectivity index (χ3v) is 3.71. The van der Waals surface area contributed by atoms with Crippen LogP contribution in [0.25, 0.3) is 0 Å². The summed E-state index contributed by atoms with van der Waals surface area (Å²) in [4.78, 5) is 1.91. The molecule has 1 heterocycles. The Morgan fingerprint density at radius 2 is 1.90 bits per heavy atom. The van der Waals surface area contributed by atoms with E-state index in [9.17, 15) is 8.78 Å². The maximum atomic E-state index is 13.7. The van der Waals surface area contributed by atoms with Gasteiger partial charge in [-0.05, 0) is 30.0 Å². The largest absolute Gasteiger partial charge is 0.395 e. The summed E-state index contributed by atoms with van der Waals surface area (Å²) >= 11 is 0. The molecule has 1 atom stereocenters. The number of nitrogens with zero attached hydrogens (tertiary/aromatic N) is 1. The van der Waals surface area contributed by atoms with Gasteiger partial charge in [0.15, 0.2) is 5.82 Å². The van der Waals surface area contributed by atoms with Crippen molar-refractivity contribution in [3.8, 4) is 0 Å². The van der Waals surface area contributed by atoms with E-state index in [1.54, 1.807) is 0 Å². The molecule has 0 aromatic heterocycles. The SMILES string of the molecule is CC1Cc2ccccc2N(c2cc(F)cc(F)c2N)C1.